The minimum absolute atomic E-state index is 0.116. The molecule has 2 aromatic rings. The number of nitrogens with one attached hydrogen (secondary N) is 1. The van der Waals surface area contributed by atoms with Crippen molar-refractivity contribution in [2.75, 3.05) is 33.3 Å². The zero-order chi connectivity index (χ0) is 19.7. The quantitative estimate of drug-likeness (QED) is 0.632. The first kappa shape index (κ1) is 18.6. The van der Waals surface area contributed by atoms with Crippen LogP contribution in [0, 0.1) is 0 Å². The number of halogens is 2. The summed E-state index contributed by atoms with van der Waals surface area (Å²) in [5.74, 6) is 0.726. The molecular weight excluding hydrogens is 368 g/mol. The highest BCUT2D eigenvalue weighted by Crippen LogP contribution is 2.23. The zero-order valence-corrected chi connectivity index (χ0v) is 15.4. The van der Waals surface area contributed by atoms with Crippen LogP contribution in [0.2, 0.25) is 0 Å². The number of nitrogens with zero attached hydrogens (tertiary/aromatic N) is 6. The van der Waals surface area contributed by atoms with Crippen molar-refractivity contribution in [3.05, 3.63) is 35.8 Å². The number of imidazole rings is 1. The van der Waals surface area contributed by atoms with E-state index in [-0.39, 0.29) is 17.8 Å². The standard InChI is InChI=1S/C18H21F2N7O/c1-21-12(13-9-24-16-4-3-11(18(19)20)25-27(13)16)7-17(22-2)26-5-6-28-15-10-23-8-14(15)26/h3-4,7,9,14-15,18,23H,1,5-6,8,10H2,2H3/b12-7-,22-17+. The van der Waals surface area contributed by atoms with Crippen LogP contribution in [0.3, 0.4) is 0 Å². The number of morpholine rings is 1. The van der Waals surface area contributed by atoms with E-state index in [0.717, 1.165) is 18.9 Å². The Morgan fingerprint density at radius 3 is 3.04 bits per heavy atom. The first-order valence-electron chi connectivity index (χ1n) is 8.99. The maximum atomic E-state index is 13.1. The van der Waals surface area contributed by atoms with Crippen molar-refractivity contribution in [1.82, 2.24) is 24.8 Å². The van der Waals surface area contributed by atoms with Gasteiger partial charge in [-0.1, -0.05) is 0 Å². The second kappa shape index (κ2) is 7.72. The summed E-state index contributed by atoms with van der Waals surface area (Å²) in [5, 5.41) is 7.33. The second-order valence-electron chi connectivity index (χ2n) is 6.57. The van der Waals surface area contributed by atoms with Gasteiger partial charge in [0, 0.05) is 32.8 Å². The highest BCUT2D eigenvalue weighted by Gasteiger charge is 2.37. The van der Waals surface area contributed by atoms with Crippen molar-refractivity contribution < 1.29 is 13.5 Å². The lowest BCUT2D eigenvalue weighted by Crippen LogP contribution is -2.52. The van der Waals surface area contributed by atoms with Crippen LogP contribution in [0.4, 0.5) is 8.78 Å². The predicted octanol–water partition coefficient (Wildman–Crippen LogP) is 1.41. The van der Waals surface area contributed by atoms with Gasteiger partial charge in [0.2, 0.25) is 0 Å². The van der Waals surface area contributed by atoms with E-state index in [4.69, 9.17) is 4.74 Å². The molecular formula is C18H21F2N7O. The highest BCUT2D eigenvalue weighted by molar-refractivity contribution is 5.99. The fourth-order valence-electron chi connectivity index (χ4n) is 3.65. The molecule has 0 radical (unpaired) electrons. The molecule has 2 fully saturated rings. The van der Waals surface area contributed by atoms with Gasteiger partial charge >= 0.3 is 0 Å². The molecule has 28 heavy (non-hydrogen) atoms. The normalized spacial score (nSPS) is 23.5. The molecule has 2 aromatic heterocycles. The van der Waals surface area contributed by atoms with Crippen LogP contribution < -0.4 is 5.32 Å². The monoisotopic (exact) mass is 389 g/mol. The molecule has 2 aliphatic rings. The van der Waals surface area contributed by atoms with E-state index in [2.05, 4.69) is 37.0 Å². The largest absolute Gasteiger partial charge is 0.373 e. The third-order valence-electron chi connectivity index (χ3n) is 5.02. The number of rotatable bonds is 4. The summed E-state index contributed by atoms with van der Waals surface area (Å²) in [5.41, 5.74) is 1.06. The number of hydrogen-bond donors (Lipinski definition) is 1. The highest BCUT2D eigenvalue weighted by atomic mass is 19.3. The lowest BCUT2D eigenvalue weighted by Gasteiger charge is -2.38. The number of alkyl halides is 2. The predicted molar refractivity (Wildman–Crippen MR) is 102 cm³/mol. The Hall–Kier alpha value is -2.72. The van der Waals surface area contributed by atoms with E-state index in [1.165, 1.54) is 16.6 Å². The summed E-state index contributed by atoms with van der Waals surface area (Å²) in [7, 11) is 1.71. The Labute approximate surface area is 160 Å². The molecule has 1 N–H and O–H groups in total. The fraction of sp³-hybridized carbons (Fsp3) is 0.444. The fourth-order valence-corrected chi connectivity index (χ4v) is 3.65. The SMILES string of the molecule is C=N/C(=C\C(=N/C)N1CCOC2CNCC21)c1cnc2ccc(C(F)F)nn12. The topological polar surface area (TPSA) is 79.4 Å². The molecule has 0 bridgehead atoms. The number of hydrogen-bond acceptors (Lipinski definition) is 6. The Kier molecular flexibility index (Phi) is 5.14. The molecule has 10 heteroatoms. The van der Waals surface area contributed by atoms with Gasteiger partial charge < -0.3 is 15.0 Å². The molecule has 4 heterocycles. The van der Waals surface area contributed by atoms with E-state index in [0.29, 0.717) is 30.2 Å². The van der Waals surface area contributed by atoms with Gasteiger partial charge in [-0.2, -0.15) is 5.10 Å². The van der Waals surface area contributed by atoms with E-state index >= 15 is 0 Å². The van der Waals surface area contributed by atoms with Crippen LogP contribution in [0.5, 0.6) is 0 Å². The van der Waals surface area contributed by atoms with Crippen molar-refractivity contribution in [2.45, 2.75) is 18.6 Å². The average molecular weight is 389 g/mol. The molecule has 148 valence electrons. The van der Waals surface area contributed by atoms with Crippen LogP contribution in [0.25, 0.3) is 11.3 Å². The summed E-state index contributed by atoms with van der Waals surface area (Å²) in [4.78, 5) is 14.9. The Morgan fingerprint density at radius 2 is 2.29 bits per heavy atom. The number of fused-ring (bicyclic) bond motifs is 2. The maximum absolute atomic E-state index is 13.1. The molecule has 0 aliphatic carbocycles. The van der Waals surface area contributed by atoms with Crippen LogP contribution in [0.15, 0.2) is 34.4 Å². The first-order valence-corrected chi connectivity index (χ1v) is 8.99. The maximum Gasteiger partial charge on any atom is 0.282 e. The zero-order valence-electron chi connectivity index (χ0n) is 15.4. The Bertz CT molecular complexity index is 939. The Morgan fingerprint density at radius 1 is 1.43 bits per heavy atom. The van der Waals surface area contributed by atoms with Crippen LogP contribution in [-0.4, -0.2) is 77.5 Å². The molecule has 0 amide bonds. The van der Waals surface area contributed by atoms with E-state index < -0.39 is 6.43 Å². The molecule has 0 saturated carbocycles. The number of aliphatic imine (C=N–C) groups is 2. The second-order valence-corrected chi connectivity index (χ2v) is 6.57. The number of aromatic nitrogens is 3. The molecule has 4 rings (SSSR count). The third kappa shape index (κ3) is 3.29. The summed E-state index contributed by atoms with van der Waals surface area (Å²) >= 11 is 0. The molecule has 0 aromatic carbocycles. The van der Waals surface area contributed by atoms with E-state index in [1.54, 1.807) is 19.3 Å². The lowest BCUT2D eigenvalue weighted by atomic mass is 10.1. The van der Waals surface area contributed by atoms with Gasteiger partial charge in [-0.25, -0.2) is 18.3 Å². The number of amidine groups is 1. The average Bonchev–Trinajstić information content (AvgIpc) is 3.35. The molecule has 2 unspecified atom stereocenters. The van der Waals surface area contributed by atoms with Gasteiger partial charge in [0.25, 0.3) is 6.43 Å². The number of ether oxygens (including phenoxy) is 1. The molecule has 2 saturated heterocycles. The van der Waals surface area contributed by atoms with Gasteiger partial charge in [0.05, 0.1) is 30.6 Å². The summed E-state index contributed by atoms with van der Waals surface area (Å²) in [6.45, 7) is 6.57. The van der Waals surface area contributed by atoms with Gasteiger partial charge in [0.1, 0.15) is 17.2 Å². The van der Waals surface area contributed by atoms with Gasteiger partial charge in [-0.15, -0.1) is 0 Å². The minimum Gasteiger partial charge on any atom is -0.373 e. The van der Waals surface area contributed by atoms with Crippen LogP contribution >= 0.6 is 0 Å². The molecule has 2 aliphatic heterocycles. The summed E-state index contributed by atoms with van der Waals surface area (Å²) in [6, 6.07) is 2.95. The van der Waals surface area contributed by atoms with Gasteiger partial charge in [0.15, 0.2) is 5.65 Å². The Balaban J connectivity index is 1.71. The van der Waals surface area contributed by atoms with E-state index in [9.17, 15) is 8.78 Å². The summed E-state index contributed by atoms with van der Waals surface area (Å²) in [6.07, 6.45) is 0.778. The molecule has 8 nitrogen and oxygen atoms in total. The van der Waals surface area contributed by atoms with Gasteiger partial charge in [-0.05, 0) is 18.9 Å². The smallest absolute Gasteiger partial charge is 0.282 e. The van der Waals surface area contributed by atoms with Crippen molar-refractivity contribution in [1.29, 1.82) is 0 Å². The molecule has 2 atom stereocenters. The lowest BCUT2D eigenvalue weighted by molar-refractivity contribution is -0.0197. The third-order valence-corrected chi connectivity index (χ3v) is 5.02. The first-order chi connectivity index (χ1) is 13.6. The molecule has 0 spiro atoms. The van der Waals surface area contributed by atoms with Crippen molar-refractivity contribution in [3.8, 4) is 0 Å². The van der Waals surface area contributed by atoms with Gasteiger partial charge in [-0.3, -0.25) is 9.98 Å². The van der Waals surface area contributed by atoms with E-state index in [1.807, 2.05) is 0 Å². The summed E-state index contributed by atoms with van der Waals surface area (Å²) < 4.78 is 33.3. The van der Waals surface area contributed by atoms with Crippen LogP contribution in [-0.2, 0) is 4.74 Å². The van der Waals surface area contributed by atoms with Crippen LogP contribution in [0.1, 0.15) is 17.8 Å². The van der Waals surface area contributed by atoms with Crippen molar-refractivity contribution >= 4 is 23.9 Å². The minimum atomic E-state index is -2.67. The van der Waals surface area contributed by atoms with Crippen molar-refractivity contribution in [2.24, 2.45) is 9.98 Å². The van der Waals surface area contributed by atoms with Crippen molar-refractivity contribution in [3.63, 3.8) is 0 Å².